The van der Waals surface area contributed by atoms with Crippen LogP contribution in [0.2, 0.25) is 10.0 Å². The third kappa shape index (κ3) is 3.00. The van der Waals surface area contributed by atoms with Gasteiger partial charge in [0, 0.05) is 16.5 Å². The van der Waals surface area contributed by atoms with E-state index in [2.05, 4.69) is 15.1 Å². The van der Waals surface area contributed by atoms with E-state index in [9.17, 15) is 4.79 Å². The summed E-state index contributed by atoms with van der Waals surface area (Å²) in [6, 6.07) is 13.1. The third-order valence-corrected chi connectivity index (χ3v) is 4.79. The molecule has 2 heterocycles. The first kappa shape index (κ1) is 16.8. The summed E-state index contributed by atoms with van der Waals surface area (Å²) in [6.07, 6.45) is 1.92. The van der Waals surface area contributed by atoms with E-state index in [4.69, 9.17) is 23.2 Å². The molecule has 4 aromatic rings. The topological polar surface area (TPSA) is 63.6 Å². The Balaban J connectivity index is 1.84. The van der Waals surface area contributed by atoms with Crippen LogP contribution in [-0.4, -0.2) is 19.7 Å². The number of H-pyrrole nitrogens is 1. The molecule has 0 saturated heterocycles. The molecule has 130 valence electrons. The van der Waals surface area contributed by atoms with E-state index >= 15 is 0 Å². The van der Waals surface area contributed by atoms with E-state index in [1.165, 1.54) is 6.20 Å². The summed E-state index contributed by atoms with van der Waals surface area (Å²) in [5.74, 6) is 0.516. The Morgan fingerprint density at radius 3 is 2.73 bits per heavy atom. The molecule has 0 bridgehead atoms. The molecule has 0 aliphatic rings. The standard InChI is InChI=1S/C19H14Cl2N4O/c1-11-4-2-3-5-16(11)25-18-14(10-22-25)19(26)24-17(23-18)8-12-6-7-13(20)9-15(12)21/h2-7,9-10H,8H2,1H3,(H,23,24,26). The van der Waals surface area contributed by atoms with E-state index < -0.39 is 0 Å². The van der Waals surface area contributed by atoms with Gasteiger partial charge in [-0.2, -0.15) is 5.10 Å². The van der Waals surface area contributed by atoms with Crippen LogP contribution in [-0.2, 0) is 6.42 Å². The van der Waals surface area contributed by atoms with Gasteiger partial charge in [0.15, 0.2) is 5.65 Å². The maximum Gasteiger partial charge on any atom is 0.262 e. The van der Waals surface area contributed by atoms with Crippen LogP contribution in [0.4, 0.5) is 0 Å². The van der Waals surface area contributed by atoms with Crippen molar-refractivity contribution in [1.29, 1.82) is 0 Å². The molecule has 0 atom stereocenters. The van der Waals surface area contributed by atoms with Gasteiger partial charge in [-0.1, -0.05) is 47.5 Å². The smallest absolute Gasteiger partial charge is 0.262 e. The van der Waals surface area contributed by atoms with Gasteiger partial charge < -0.3 is 4.98 Å². The van der Waals surface area contributed by atoms with Crippen LogP contribution >= 0.6 is 23.2 Å². The van der Waals surface area contributed by atoms with Crippen LogP contribution in [0.1, 0.15) is 17.0 Å². The molecule has 0 spiro atoms. The Morgan fingerprint density at radius 2 is 1.96 bits per heavy atom. The molecule has 0 aliphatic heterocycles. The van der Waals surface area contributed by atoms with Gasteiger partial charge in [0.1, 0.15) is 11.2 Å². The number of rotatable bonds is 3. The number of aryl methyl sites for hydroxylation is 1. The maximum absolute atomic E-state index is 12.5. The number of fused-ring (bicyclic) bond motifs is 1. The van der Waals surface area contributed by atoms with Crippen molar-refractivity contribution in [1.82, 2.24) is 19.7 Å². The second-order valence-corrected chi connectivity index (χ2v) is 6.85. The van der Waals surface area contributed by atoms with Gasteiger partial charge in [0.25, 0.3) is 5.56 Å². The molecule has 0 fully saturated rings. The van der Waals surface area contributed by atoms with Crippen molar-refractivity contribution in [2.75, 3.05) is 0 Å². The van der Waals surface area contributed by atoms with E-state index in [0.717, 1.165) is 16.8 Å². The van der Waals surface area contributed by atoms with Gasteiger partial charge in [-0.3, -0.25) is 4.79 Å². The molecule has 0 aliphatic carbocycles. The van der Waals surface area contributed by atoms with Gasteiger partial charge in [0.05, 0.1) is 11.9 Å². The Kier molecular flexibility index (Phi) is 4.26. The molecule has 0 saturated carbocycles. The predicted octanol–water partition coefficient (Wildman–Crippen LogP) is 4.31. The summed E-state index contributed by atoms with van der Waals surface area (Å²) in [5.41, 5.74) is 3.05. The molecule has 26 heavy (non-hydrogen) atoms. The first-order valence-corrected chi connectivity index (χ1v) is 8.75. The van der Waals surface area contributed by atoms with Crippen LogP contribution < -0.4 is 5.56 Å². The third-order valence-electron chi connectivity index (χ3n) is 4.20. The fraction of sp³-hybridized carbons (Fsp3) is 0.105. The molecular formula is C19H14Cl2N4O. The zero-order chi connectivity index (χ0) is 18.3. The molecule has 2 aromatic heterocycles. The zero-order valence-electron chi connectivity index (χ0n) is 13.8. The van der Waals surface area contributed by atoms with Crippen molar-refractivity contribution in [3.05, 3.63) is 86.0 Å². The summed E-state index contributed by atoms with van der Waals surface area (Å²) in [4.78, 5) is 19.9. The monoisotopic (exact) mass is 384 g/mol. The lowest BCUT2D eigenvalue weighted by molar-refractivity contribution is 0.873. The van der Waals surface area contributed by atoms with Gasteiger partial charge in [-0.05, 0) is 36.2 Å². The summed E-state index contributed by atoms with van der Waals surface area (Å²) >= 11 is 12.2. The van der Waals surface area contributed by atoms with Gasteiger partial charge >= 0.3 is 0 Å². The Morgan fingerprint density at radius 1 is 1.15 bits per heavy atom. The Bertz CT molecular complexity index is 1180. The highest BCUT2D eigenvalue weighted by molar-refractivity contribution is 6.35. The Labute approximate surface area is 159 Å². The van der Waals surface area contributed by atoms with Crippen LogP contribution in [0.3, 0.4) is 0 Å². The first-order chi connectivity index (χ1) is 12.5. The number of para-hydroxylation sites is 1. The molecule has 0 unspecified atom stereocenters. The molecule has 7 heteroatoms. The van der Waals surface area contributed by atoms with E-state index in [1.807, 2.05) is 37.3 Å². The average Bonchev–Trinajstić information content (AvgIpc) is 3.02. The van der Waals surface area contributed by atoms with Gasteiger partial charge in [-0.15, -0.1) is 0 Å². The summed E-state index contributed by atoms with van der Waals surface area (Å²) in [6.45, 7) is 1.99. The zero-order valence-corrected chi connectivity index (χ0v) is 15.3. The number of aromatic amines is 1. The SMILES string of the molecule is Cc1ccccc1-n1ncc2c(=O)[nH]c(Cc3ccc(Cl)cc3Cl)nc21. The highest BCUT2D eigenvalue weighted by Gasteiger charge is 2.13. The van der Waals surface area contributed by atoms with Crippen molar-refractivity contribution in [2.45, 2.75) is 13.3 Å². The van der Waals surface area contributed by atoms with Crippen molar-refractivity contribution in [3.63, 3.8) is 0 Å². The molecule has 0 radical (unpaired) electrons. The fourth-order valence-electron chi connectivity index (χ4n) is 2.87. The fourth-order valence-corrected chi connectivity index (χ4v) is 3.35. The van der Waals surface area contributed by atoms with Crippen molar-refractivity contribution >= 4 is 34.2 Å². The van der Waals surface area contributed by atoms with Crippen molar-refractivity contribution < 1.29 is 0 Å². The average molecular weight is 385 g/mol. The van der Waals surface area contributed by atoms with E-state index in [1.54, 1.807) is 16.8 Å². The van der Waals surface area contributed by atoms with Crippen molar-refractivity contribution in [2.24, 2.45) is 0 Å². The predicted molar refractivity (Wildman–Crippen MR) is 103 cm³/mol. The Hall–Kier alpha value is -2.63. The quantitative estimate of drug-likeness (QED) is 0.572. The number of hydrogen-bond donors (Lipinski definition) is 1. The molecule has 0 amide bonds. The number of benzene rings is 2. The first-order valence-electron chi connectivity index (χ1n) is 8.00. The van der Waals surface area contributed by atoms with Crippen LogP contribution in [0, 0.1) is 6.92 Å². The number of nitrogens with zero attached hydrogens (tertiary/aromatic N) is 3. The highest BCUT2D eigenvalue weighted by atomic mass is 35.5. The minimum Gasteiger partial charge on any atom is -0.310 e. The maximum atomic E-state index is 12.5. The molecule has 1 N–H and O–H groups in total. The highest BCUT2D eigenvalue weighted by Crippen LogP contribution is 2.23. The number of hydrogen-bond acceptors (Lipinski definition) is 3. The van der Waals surface area contributed by atoms with Crippen LogP contribution in [0.5, 0.6) is 0 Å². The largest absolute Gasteiger partial charge is 0.310 e. The summed E-state index contributed by atoms with van der Waals surface area (Å²) in [5, 5.41) is 5.90. The van der Waals surface area contributed by atoms with Crippen LogP contribution in [0.15, 0.2) is 53.5 Å². The number of halogens is 2. The molecule has 2 aromatic carbocycles. The van der Waals surface area contributed by atoms with Crippen molar-refractivity contribution in [3.8, 4) is 5.69 Å². The molecule has 5 nitrogen and oxygen atoms in total. The second-order valence-electron chi connectivity index (χ2n) is 6.01. The normalized spacial score (nSPS) is 11.2. The summed E-state index contributed by atoms with van der Waals surface area (Å²) < 4.78 is 1.69. The molecule has 4 rings (SSSR count). The number of nitrogens with one attached hydrogen (secondary N) is 1. The minimum absolute atomic E-state index is 0.227. The molecular weight excluding hydrogens is 371 g/mol. The van der Waals surface area contributed by atoms with Crippen LogP contribution in [0.25, 0.3) is 16.7 Å². The minimum atomic E-state index is -0.227. The number of aromatic nitrogens is 4. The summed E-state index contributed by atoms with van der Waals surface area (Å²) in [7, 11) is 0. The lowest BCUT2D eigenvalue weighted by Crippen LogP contribution is -2.13. The van der Waals surface area contributed by atoms with E-state index in [0.29, 0.717) is 33.3 Å². The lowest BCUT2D eigenvalue weighted by Gasteiger charge is -2.08. The lowest BCUT2D eigenvalue weighted by atomic mass is 10.1. The van der Waals surface area contributed by atoms with E-state index in [-0.39, 0.29) is 5.56 Å². The van der Waals surface area contributed by atoms with Gasteiger partial charge in [-0.25, -0.2) is 9.67 Å². The second kappa shape index (κ2) is 6.59. The van der Waals surface area contributed by atoms with Gasteiger partial charge in [0.2, 0.25) is 0 Å².